The molecular formula is C12H15NO. The fourth-order valence-corrected chi connectivity index (χ4v) is 1.97. The number of nitrogens with two attached hydrogens (primary N) is 1. The van der Waals surface area contributed by atoms with Gasteiger partial charge >= 0.3 is 0 Å². The second-order valence-corrected chi connectivity index (χ2v) is 4.19. The van der Waals surface area contributed by atoms with Crippen molar-refractivity contribution in [1.82, 2.24) is 0 Å². The van der Waals surface area contributed by atoms with Crippen molar-refractivity contribution in [3.63, 3.8) is 0 Å². The first kappa shape index (κ1) is 9.41. The maximum absolute atomic E-state index is 10.9. The third-order valence-electron chi connectivity index (χ3n) is 3.15. The molecule has 0 aliphatic heterocycles. The Labute approximate surface area is 84.1 Å². The van der Waals surface area contributed by atoms with Gasteiger partial charge in [-0.1, -0.05) is 23.8 Å². The predicted molar refractivity (Wildman–Crippen MR) is 56.5 cm³/mol. The minimum Gasteiger partial charge on any atom is -0.330 e. The molecule has 0 saturated heterocycles. The van der Waals surface area contributed by atoms with E-state index in [0.29, 0.717) is 6.54 Å². The molecule has 14 heavy (non-hydrogen) atoms. The monoisotopic (exact) mass is 189 g/mol. The predicted octanol–water partition coefficient (Wildman–Crippen LogP) is 1.80. The first-order valence-corrected chi connectivity index (χ1v) is 4.98. The highest BCUT2D eigenvalue weighted by Gasteiger charge is 2.44. The van der Waals surface area contributed by atoms with E-state index in [1.807, 2.05) is 19.1 Å². The van der Waals surface area contributed by atoms with E-state index in [1.165, 1.54) is 5.56 Å². The highest BCUT2D eigenvalue weighted by Crippen LogP contribution is 2.48. The molecule has 1 saturated carbocycles. The number of hydrogen-bond acceptors (Lipinski definition) is 2. The summed E-state index contributed by atoms with van der Waals surface area (Å²) in [4.78, 5) is 10.9. The van der Waals surface area contributed by atoms with Crippen molar-refractivity contribution >= 4 is 6.29 Å². The standard InChI is InChI=1S/C12H15NO/c1-9-2-3-10(7-14)11(6-9)12(8-13)4-5-12/h2-3,6-7H,4-5,8,13H2,1H3. The van der Waals surface area contributed by atoms with Crippen LogP contribution in [0.2, 0.25) is 0 Å². The van der Waals surface area contributed by atoms with Crippen LogP contribution in [0.5, 0.6) is 0 Å². The summed E-state index contributed by atoms with van der Waals surface area (Å²) in [6.07, 6.45) is 3.17. The van der Waals surface area contributed by atoms with Crippen molar-refractivity contribution in [1.29, 1.82) is 0 Å². The molecule has 0 unspecified atom stereocenters. The molecule has 0 amide bonds. The third kappa shape index (κ3) is 1.36. The van der Waals surface area contributed by atoms with Gasteiger partial charge in [-0.25, -0.2) is 0 Å². The van der Waals surface area contributed by atoms with Gasteiger partial charge < -0.3 is 5.73 Å². The van der Waals surface area contributed by atoms with Crippen molar-refractivity contribution in [2.45, 2.75) is 25.2 Å². The fourth-order valence-electron chi connectivity index (χ4n) is 1.97. The first-order valence-electron chi connectivity index (χ1n) is 4.98. The Bertz CT molecular complexity index is 367. The van der Waals surface area contributed by atoms with E-state index < -0.39 is 0 Å². The van der Waals surface area contributed by atoms with E-state index in [4.69, 9.17) is 5.73 Å². The molecule has 0 aromatic heterocycles. The molecule has 74 valence electrons. The van der Waals surface area contributed by atoms with Crippen molar-refractivity contribution in [3.8, 4) is 0 Å². The van der Waals surface area contributed by atoms with Gasteiger partial charge in [0.15, 0.2) is 0 Å². The van der Waals surface area contributed by atoms with E-state index >= 15 is 0 Å². The van der Waals surface area contributed by atoms with Gasteiger partial charge in [-0.3, -0.25) is 4.79 Å². The number of benzene rings is 1. The van der Waals surface area contributed by atoms with Crippen LogP contribution in [0.3, 0.4) is 0 Å². The van der Waals surface area contributed by atoms with Crippen LogP contribution in [-0.2, 0) is 5.41 Å². The van der Waals surface area contributed by atoms with Crippen LogP contribution in [0.15, 0.2) is 18.2 Å². The highest BCUT2D eigenvalue weighted by molar-refractivity contribution is 5.78. The summed E-state index contributed by atoms with van der Waals surface area (Å²) in [7, 11) is 0. The minimum atomic E-state index is 0.113. The number of carbonyl (C=O) groups is 1. The Morgan fingerprint density at radius 2 is 2.21 bits per heavy atom. The van der Waals surface area contributed by atoms with Crippen LogP contribution in [-0.4, -0.2) is 12.8 Å². The molecule has 0 radical (unpaired) electrons. The summed E-state index contributed by atoms with van der Waals surface area (Å²) >= 11 is 0. The minimum absolute atomic E-state index is 0.113. The zero-order chi connectivity index (χ0) is 10.2. The van der Waals surface area contributed by atoms with E-state index in [1.54, 1.807) is 0 Å². The average molecular weight is 189 g/mol. The maximum Gasteiger partial charge on any atom is 0.150 e. The maximum atomic E-state index is 10.9. The molecule has 1 aromatic rings. The van der Waals surface area contributed by atoms with Gasteiger partial charge in [-0.2, -0.15) is 0 Å². The van der Waals surface area contributed by atoms with Gasteiger partial charge in [0.2, 0.25) is 0 Å². The zero-order valence-electron chi connectivity index (χ0n) is 8.42. The lowest BCUT2D eigenvalue weighted by Gasteiger charge is -2.15. The molecular weight excluding hydrogens is 174 g/mol. The normalized spacial score (nSPS) is 17.9. The number of aryl methyl sites for hydroxylation is 1. The first-order chi connectivity index (χ1) is 6.72. The molecule has 2 N–H and O–H groups in total. The Hall–Kier alpha value is -1.15. The van der Waals surface area contributed by atoms with Gasteiger partial charge in [0.25, 0.3) is 0 Å². The van der Waals surface area contributed by atoms with Gasteiger partial charge in [0, 0.05) is 17.5 Å². The molecule has 0 spiro atoms. The summed E-state index contributed by atoms with van der Waals surface area (Å²) in [5.74, 6) is 0. The summed E-state index contributed by atoms with van der Waals surface area (Å²) < 4.78 is 0. The van der Waals surface area contributed by atoms with Crippen molar-refractivity contribution in [2.24, 2.45) is 5.73 Å². The van der Waals surface area contributed by atoms with E-state index in [-0.39, 0.29) is 5.41 Å². The Morgan fingerprint density at radius 1 is 1.50 bits per heavy atom. The number of hydrogen-bond donors (Lipinski definition) is 1. The zero-order valence-corrected chi connectivity index (χ0v) is 8.42. The van der Waals surface area contributed by atoms with E-state index in [9.17, 15) is 4.79 Å². The van der Waals surface area contributed by atoms with Crippen molar-refractivity contribution in [3.05, 3.63) is 34.9 Å². The molecule has 0 atom stereocenters. The summed E-state index contributed by atoms with van der Waals surface area (Å²) in [6.45, 7) is 2.70. The Balaban J connectivity index is 2.49. The summed E-state index contributed by atoms with van der Waals surface area (Å²) in [5, 5.41) is 0. The Morgan fingerprint density at radius 3 is 2.71 bits per heavy atom. The molecule has 1 aromatic carbocycles. The molecule has 0 bridgehead atoms. The molecule has 2 rings (SSSR count). The van der Waals surface area contributed by atoms with Gasteiger partial charge in [0.05, 0.1) is 0 Å². The lowest BCUT2D eigenvalue weighted by Crippen LogP contribution is -2.21. The summed E-state index contributed by atoms with van der Waals surface area (Å²) in [6, 6.07) is 5.97. The second kappa shape index (κ2) is 3.21. The molecule has 1 fully saturated rings. The highest BCUT2D eigenvalue weighted by atomic mass is 16.1. The smallest absolute Gasteiger partial charge is 0.150 e. The molecule has 1 aliphatic rings. The van der Waals surface area contributed by atoms with Crippen LogP contribution >= 0.6 is 0 Å². The van der Waals surface area contributed by atoms with Crippen LogP contribution in [0.1, 0.15) is 34.3 Å². The molecule has 2 nitrogen and oxygen atoms in total. The largest absolute Gasteiger partial charge is 0.330 e. The average Bonchev–Trinajstić information content (AvgIpc) is 2.98. The molecule has 1 aliphatic carbocycles. The fraction of sp³-hybridized carbons (Fsp3) is 0.417. The number of aldehydes is 1. The third-order valence-corrected chi connectivity index (χ3v) is 3.15. The number of carbonyl (C=O) groups excluding carboxylic acids is 1. The Kier molecular flexibility index (Phi) is 2.16. The van der Waals surface area contributed by atoms with Crippen LogP contribution in [0.25, 0.3) is 0 Å². The lowest BCUT2D eigenvalue weighted by atomic mass is 9.90. The molecule has 0 heterocycles. The SMILES string of the molecule is Cc1ccc(C=O)c(C2(CN)CC2)c1. The van der Waals surface area contributed by atoms with Gasteiger partial charge in [-0.15, -0.1) is 0 Å². The second-order valence-electron chi connectivity index (χ2n) is 4.19. The van der Waals surface area contributed by atoms with Crippen molar-refractivity contribution in [2.75, 3.05) is 6.54 Å². The van der Waals surface area contributed by atoms with E-state index in [0.717, 1.165) is 30.3 Å². The number of rotatable bonds is 3. The van der Waals surface area contributed by atoms with Crippen LogP contribution in [0, 0.1) is 6.92 Å². The van der Waals surface area contributed by atoms with Gasteiger partial charge in [-0.05, 0) is 25.3 Å². The van der Waals surface area contributed by atoms with Crippen molar-refractivity contribution < 1.29 is 4.79 Å². The van der Waals surface area contributed by atoms with Gasteiger partial charge in [0.1, 0.15) is 6.29 Å². The topological polar surface area (TPSA) is 43.1 Å². The van der Waals surface area contributed by atoms with Crippen LogP contribution < -0.4 is 5.73 Å². The van der Waals surface area contributed by atoms with Crippen LogP contribution in [0.4, 0.5) is 0 Å². The quantitative estimate of drug-likeness (QED) is 0.737. The lowest BCUT2D eigenvalue weighted by molar-refractivity contribution is 0.112. The summed E-state index contributed by atoms with van der Waals surface area (Å²) in [5.41, 5.74) is 9.02. The van der Waals surface area contributed by atoms with E-state index in [2.05, 4.69) is 6.07 Å². The molecule has 2 heteroatoms.